The van der Waals surface area contributed by atoms with Gasteiger partial charge in [0.2, 0.25) is 0 Å². The standard InChI is InChI=1S/C38H45NO4.3C2H6/c1-21-22(2)24(4)33(28(19-40)23(21)3)35(41)25(5)31-16-15-27-13-12-14-32(34(27)39-31)43-20-26-17-29(37(6,7)8)36(42)30(18-26)38(9,10)11;3*1-2/h12-19,25,42H,20H2,1-11H3;3*1-2H3. The monoisotopic (exact) mass is 669 g/mol. The van der Waals surface area contributed by atoms with Crippen LogP contribution in [0.3, 0.4) is 0 Å². The lowest BCUT2D eigenvalue weighted by atomic mass is 9.78. The summed E-state index contributed by atoms with van der Waals surface area (Å²) in [5.41, 5.74) is 8.23. The molecule has 4 aromatic rings. The number of para-hydroxylation sites is 1. The molecule has 1 unspecified atom stereocenters. The van der Waals surface area contributed by atoms with Crippen LogP contribution in [0.1, 0.15) is 161 Å². The molecule has 268 valence electrons. The first kappa shape index (κ1) is 43.0. The third-order valence-electron chi connectivity index (χ3n) is 8.82. The van der Waals surface area contributed by atoms with E-state index in [0.29, 0.717) is 40.4 Å². The minimum absolute atomic E-state index is 0.121. The van der Waals surface area contributed by atoms with E-state index in [1.54, 1.807) is 0 Å². The molecule has 3 aromatic carbocycles. The van der Waals surface area contributed by atoms with Crippen LogP contribution in [0, 0.1) is 27.7 Å². The van der Waals surface area contributed by atoms with E-state index in [2.05, 4.69) is 41.5 Å². The van der Waals surface area contributed by atoms with E-state index in [-0.39, 0.29) is 16.6 Å². The Kier molecular flexibility index (Phi) is 15.9. The third-order valence-corrected chi connectivity index (χ3v) is 8.82. The molecule has 1 atom stereocenters. The van der Waals surface area contributed by atoms with Gasteiger partial charge in [-0.25, -0.2) is 4.98 Å². The van der Waals surface area contributed by atoms with Gasteiger partial charge in [0.05, 0.1) is 11.6 Å². The Morgan fingerprint density at radius 1 is 0.796 bits per heavy atom. The van der Waals surface area contributed by atoms with Crippen LogP contribution in [0.4, 0.5) is 0 Å². The van der Waals surface area contributed by atoms with Crippen molar-refractivity contribution in [3.63, 3.8) is 0 Å². The number of nitrogens with zero attached hydrogens (tertiary/aromatic N) is 1. The molecular formula is C44H63NO4. The molecule has 0 spiro atoms. The molecule has 1 heterocycles. The smallest absolute Gasteiger partial charge is 0.172 e. The number of ether oxygens (including phenoxy) is 1. The zero-order chi connectivity index (χ0) is 38.0. The number of benzene rings is 3. The minimum atomic E-state index is -0.558. The largest absolute Gasteiger partial charge is 0.507 e. The Hall–Kier alpha value is -3.99. The van der Waals surface area contributed by atoms with Crippen LogP contribution in [0.2, 0.25) is 0 Å². The van der Waals surface area contributed by atoms with E-state index in [4.69, 9.17) is 9.72 Å². The number of ketones is 1. The molecule has 49 heavy (non-hydrogen) atoms. The number of aromatic hydroxyl groups is 1. The maximum atomic E-state index is 13.9. The van der Waals surface area contributed by atoms with Crippen molar-refractivity contribution in [2.24, 2.45) is 0 Å². The summed E-state index contributed by atoms with van der Waals surface area (Å²) in [6, 6.07) is 13.7. The van der Waals surface area contributed by atoms with Crippen LogP contribution in [-0.2, 0) is 17.4 Å². The number of hydrogen-bond acceptors (Lipinski definition) is 5. The molecule has 0 radical (unpaired) electrons. The second-order valence-electron chi connectivity index (χ2n) is 13.9. The normalized spacial score (nSPS) is 11.6. The molecule has 0 aliphatic heterocycles. The first-order valence-electron chi connectivity index (χ1n) is 18.0. The number of hydrogen-bond donors (Lipinski definition) is 1. The number of aldehydes is 1. The van der Waals surface area contributed by atoms with Crippen molar-refractivity contribution in [3.05, 3.63) is 98.2 Å². The molecule has 5 nitrogen and oxygen atoms in total. The molecule has 0 bridgehead atoms. The molecule has 5 heteroatoms. The van der Waals surface area contributed by atoms with Gasteiger partial charge in [-0.2, -0.15) is 0 Å². The van der Waals surface area contributed by atoms with E-state index >= 15 is 0 Å². The predicted molar refractivity (Wildman–Crippen MR) is 209 cm³/mol. The van der Waals surface area contributed by atoms with Crippen molar-refractivity contribution in [1.29, 1.82) is 0 Å². The number of phenols is 1. The number of Topliss-reactive ketones (excluding diaryl/α,β-unsaturated/α-hetero) is 1. The van der Waals surface area contributed by atoms with Crippen molar-refractivity contribution in [1.82, 2.24) is 4.98 Å². The summed E-state index contributed by atoms with van der Waals surface area (Å²) < 4.78 is 6.39. The van der Waals surface area contributed by atoms with Gasteiger partial charge >= 0.3 is 0 Å². The van der Waals surface area contributed by atoms with Crippen LogP contribution in [0.15, 0.2) is 42.5 Å². The molecule has 0 fully saturated rings. The molecule has 0 saturated heterocycles. The van der Waals surface area contributed by atoms with Crippen LogP contribution < -0.4 is 4.74 Å². The summed E-state index contributed by atoms with van der Waals surface area (Å²) >= 11 is 0. The second-order valence-corrected chi connectivity index (χ2v) is 13.9. The Balaban J connectivity index is 0.00000189. The van der Waals surface area contributed by atoms with Gasteiger partial charge in [0.15, 0.2) is 12.1 Å². The summed E-state index contributed by atoms with van der Waals surface area (Å²) in [5, 5.41) is 12.0. The van der Waals surface area contributed by atoms with E-state index in [9.17, 15) is 14.7 Å². The van der Waals surface area contributed by atoms with Gasteiger partial charge in [-0.3, -0.25) is 9.59 Å². The Morgan fingerprint density at radius 3 is 1.80 bits per heavy atom. The lowest BCUT2D eigenvalue weighted by Gasteiger charge is -2.28. The molecule has 0 aliphatic rings. The number of pyridine rings is 1. The maximum absolute atomic E-state index is 13.9. The van der Waals surface area contributed by atoms with Gasteiger partial charge in [-0.15, -0.1) is 0 Å². The van der Waals surface area contributed by atoms with Gasteiger partial charge in [0, 0.05) is 16.5 Å². The number of carbonyl (C=O) groups is 2. The van der Waals surface area contributed by atoms with Crippen molar-refractivity contribution in [3.8, 4) is 11.5 Å². The van der Waals surface area contributed by atoms with Crippen LogP contribution in [0.5, 0.6) is 11.5 Å². The van der Waals surface area contributed by atoms with Crippen LogP contribution in [0.25, 0.3) is 10.9 Å². The van der Waals surface area contributed by atoms with Crippen LogP contribution in [-0.4, -0.2) is 22.2 Å². The Morgan fingerprint density at radius 2 is 1.31 bits per heavy atom. The van der Waals surface area contributed by atoms with Gasteiger partial charge in [-0.05, 0) is 109 Å². The number of rotatable bonds is 7. The second kappa shape index (κ2) is 18.1. The van der Waals surface area contributed by atoms with E-state index in [0.717, 1.165) is 50.6 Å². The summed E-state index contributed by atoms with van der Waals surface area (Å²) in [6.45, 7) is 34.5. The lowest BCUT2D eigenvalue weighted by molar-refractivity contribution is 0.0958. The fourth-order valence-electron chi connectivity index (χ4n) is 5.73. The predicted octanol–water partition coefficient (Wildman–Crippen LogP) is 12.2. The summed E-state index contributed by atoms with van der Waals surface area (Å²) in [4.78, 5) is 30.9. The van der Waals surface area contributed by atoms with Gasteiger partial charge in [0.25, 0.3) is 0 Å². The van der Waals surface area contributed by atoms with E-state index < -0.39 is 5.92 Å². The minimum Gasteiger partial charge on any atom is -0.507 e. The van der Waals surface area contributed by atoms with E-state index in [1.807, 2.05) is 119 Å². The summed E-state index contributed by atoms with van der Waals surface area (Å²) in [6.07, 6.45) is 0.800. The summed E-state index contributed by atoms with van der Waals surface area (Å²) in [5.74, 6) is 0.279. The van der Waals surface area contributed by atoms with Gasteiger partial charge in [-0.1, -0.05) is 101 Å². The number of aromatic nitrogens is 1. The highest BCUT2D eigenvalue weighted by atomic mass is 16.5. The number of phenolic OH excluding ortho intramolecular Hbond substituents is 1. The molecule has 0 aliphatic carbocycles. The van der Waals surface area contributed by atoms with Crippen molar-refractivity contribution in [2.75, 3.05) is 0 Å². The average molecular weight is 670 g/mol. The SMILES string of the molecule is CC.CC.CC.Cc1c(C)c(C)c(C(=O)C(C)c2ccc3cccc(OCc4cc(C(C)(C)C)c(O)c(C(C)(C)C)c4)c3n2)c(C=O)c1C. The highest BCUT2D eigenvalue weighted by Crippen LogP contribution is 2.40. The third kappa shape index (κ3) is 9.59. The first-order chi connectivity index (χ1) is 23.0. The van der Waals surface area contributed by atoms with Gasteiger partial charge in [0.1, 0.15) is 23.6 Å². The molecule has 0 amide bonds. The first-order valence-corrected chi connectivity index (χ1v) is 18.0. The maximum Gasteiger partial charge on any atom is 0.172 e. The molecule has 1 aromatic heterocycles. The van der Waals surface area contributed by atoms with Gasteiger partial charge < -0.3 is 9.84 Å². The Labute approximate surface area is 297 Å². The van der Waals surface area contributed by atoms with Crippen LogP contribution >= 0.6 is 0 Å². The van der Waals surface area contributed by atoms with Crippen molar-refractivity contribution in [2.45, 2.75) is 141 Å². The number of carbonyl (C=O) groups excluding carboxylic acids is 2. The highest BCUT2D eigenvalue weighted by molar-refractivity contribution is 6.08. The van der Waals surface area contributed by atoms with Crippen molar-refractivity contribution < 1.29 is 19.4 Å². The Bertz CT molecular complexity index is 1700. The molecule has 4 rings (SSSR count). The summed E-state index contributed by atoms with van der Waals surface area (Å²) in [7, 11) is 0. The topological polar surface area (TPSA) is 76.5 Å². The average Bonchev–Trinajstić information content (AvgIpc) is 3.09. The number of fused-ring (bicyclic) bond motifs is 1. The zero-order valence-corrected chi connectivity index (χ0v) is 33.5. The highest BCUT2D eigenvalue weighted by Gasteiger charge is 2.28. The van der Waals surface area contributed by atoms with Crippen molar-refractivity contribution >= 4 is 23.0 Å². The van der Waals surface area contributed by atoms with E-state index in [1.165, 1.54) is 0 Å². The molecular weight excluding hydrogens is 606 g/mol. The zero-order valence-electron chi connectivity index (χ0n) is 33.5. The molecule has 1 N–H and O–H groups in total. The quantitative estimate of drug-likeness (QED) is 0.156. The fraction of sp³-hybridized carbons (Fsp3) is 0.477. The molecule has 0 saturated carbocycles. The lowest BCUT2D eigenvalue weighted by Crippen LogP contribution is -2.18. The fourth-order valence-corrected chi connectivity index (χ4v) is 5.73.